The Kier molecular flexibility index (Phi) is 3.08. The van der Waals surface area contributed by atoms with Gasteiger partial charge in [0.1, 0.15) is 16.4 Å². The molecule has 0 radical (unpaired) electrons. The van der Waals surface area contributed by atoms with Crippen molar-refractivity contribution in [2.75, 3.05) is 0 Å². The molecule has 0 amide bonds. The van der Waals surface area contributed by atoms with E-state index in [4.69, 9.17) is 5.11 Å². The summed E-state index contributed by atoms with van der Waals surface area (Å²) in [4.78, 5) is 16.2. The Morgan fingerprint density at radius 3 is 2.70 bits per heavy atom. The van der Waals surface area contributed by atoms with E-state index in [1.165, 1.54) is 11.3 Å². The second kappa shape index (κ2) is 4.90. The molecule has 0 fully saturated rings. The maximum absolute atomic E-state index is 11.0. The van der Waals surface area contributed by atoms with Gasteiger partial charge in [-0.2, -0.15) is 5.10 Å². The number of rotatable bonds is 3. The number of aromatic amines is 1. The van der Waals surface area contributed by atoms with Crippen molar-refractivity contribution in [3.63, 3.8) is 0 Å². The van der Waals surface area contributed by atoms with Crippen LogP contribution in [0.3, 0.4) is 0 Å². The zero-order valence-corrected chi connectivity index (χ0v) is 11.4. The van der Waals surface area contributed by atoms with Crippen LogP contribution in [0.1, 0.15) is 16.1 Å². The topological polar surface area (TPSA) is 78.9 Å². The number of benzene rings is 1. The summed E-state index contributed by atoms with van der Waals surface area (Å²) in [5, 5.41) is 16.5. The molecule has 3 rings (SSSR count). The van der Waals surface area contributed by atoms with Gasteiger partial charge in [-0.15, -0.1) is 11.3 Å². The highest BCUT2D eigenvalue weighted by molar-refractivity contribution is 7.18. The standard InChI is InChI=1S/C14H11N3O2S/c1-8-11(16-17-12(8)14(18)19)10-7-15-13(20-10)9-5-3-2-4-6-9/h2-7H,1H3,(H,16,17)(H,18,19). The Bertz CT molecular complexity index is 762. The lowest BCUT2D eigenvalue weighted by molar-refractivity contribution is 0.0689. The second-order valence-electron chi connectivity index (χ2n) is 4.27. The molecule has 1 aromatic carbocycles. The Labute approximate surface area is 118 Å². The van der Waals surface area contributed by atoms with Crippen LogP contribution in [0.2, 0.25) is 0 Å². The number of hydrogen-bond acceptors (Lipinski definition) is 4. The van der Waals surface area contributed by atoms with E-state index < -0.39 is 5.97 Å². The number of nitrogens with zero attached hydrogens (tertiary/aromatic N) is 2. The minimum atomic E-state index is -1.01. The van der Waals surface area contributed by atoms with Gasteiger partial charge in [-0.3, -0.25) is 5.10 Å². The van der Waals surface area contributed by atoms with Gasteiger partial charge in [0.2, 0.25) is 0 Å². The monoisotopic (exact) mass is 285 g/mol. The van der Waals surface area contributed by atoms with Gasteiger partial charge in [0, 0.05) is 17.3 Å². The van der Waals surface area contributed by atoms with Crippen molar-refractivity contribution in [1.29, 1.82) is 0 Å². The summed E-state index contributed by atoms with van der Waals surface area (Å²) < 4.78 is 0. The molecule has 0 saturated carbocycles. The molecule has 0 bridgehead atoms. The largest absolute Gasteiger partial charge is 0.477 e. The summed E-state index contributed by atoms with van der Waals surface area (Å²) in [5.74, 6) is -1.01. The Morgan fingerprint density at radius 1 is 1.30 bits per heavy atom. The van der Waals surface area contributed by atoms with Gasteiger partial charge in [0.25, 0.3) is 0 Å². The highest BCUT2D eigenvalue weighted by atomic mass is 32.1. The van der Waals surface area contributed by atoms with E-state index in [9.17, 15) is 4.79 Å². The van der Waals surface area contributed by atoms with Gasteiger partial charge >= 0.3 is 5.97 Å². The third-order valence-electron chi connectivity index (χ3n) is 2.98. The number of thiazole rings is 1. The molecule has 0 aliphatic heterocycles. The highest BCUT2D eigenvalue weighted by Gasteiger charge is 2.17. The molecule has 6 heteroatoms. The fourth-order valence-electron chi connectivity index (χ4n) is 1.94. The lowest BCUT2D eigenvalue weighted by Gasteiger charge is -1.94. The third-order valence-corrected chi connectivity index (χ3v) is 4.04. The van der Waals surface area contributed by atoms with Crippen molar-refractivity contribution >= 4 is 17.3 Å². The number of hydrogen-bond donors (Lipinski definition) is 2. The number of carboxylic acid groups (broad SMARTS) is 1. The summed E-state index contributed by atoms with van der Waals surface area (Å²) in [6, 6.07) is 9.85. The molecule has 0 saturated heterocycles. The van der Waals surface area contributed by atoms with Gasteiger partial charge in [-0.1, -0.05) is 30.3 Å². The first-order valence-electron chi connectivity index (χ1n) is 5.96. The van der Waals surface area contributed by atoms with Crippen LogP contribution in [-0.2, 0) is 0 Å². The van der Waals surface area contributed by atoms with Gasteiger partial charge in [-0.25, -0.2) is 9.78 Å². The average molecular weight is 285 g/mol. The molecule has 2 aromatic heterocycles. The summed E-state index contributed by atoms with van der Waals surface area (Å²) in [7, 11) is 0. The van der Waals surface area contributed by atoms with E-state index >= 15 is 0 Å². The number of aromatic nitrogens is 3. The van der Waals surface area contributed by atoms with E-state index in [0.29, 0.717) is 11.3 Å². The maximum atomic E-state index is 11.0. The van der Waals surface area contributed by atoms with Crippen LogP contribution in [0.4, 0.5) is 0 Å². The molecule has 20 heavy (non-hydrogen) atoms. The van der Waals surface area contributed by atoms with Gasteiger partial charge in [0.05, 0.1) is 4.88 Å². The van der Waals surface area contributed by atoms with Crippen molar-refractivity contribution < 1.29 is 9.90 Å². The number of H-pyrrole nitrogens is 1. The van der Waals surface area contributed by atoms with Crippen molar-refractivity contribution in [3.8, 4) is 21.1 Å². The molecule has 2 heterocycles. The van der Waals surface area contributed by atoms with Gasteiger partial charge < -0.3 is 5.11 Å². The summed E-state index contributed by atoms with van der Waals surface area (Å²) in [6.45, 7) is 1.74. The number of aromatic carboxylic acids is 1. The molecule has 5 nitrogen and oxygen atoms in total. The fraction of sp³-hybridized carbons (Fsp3) is 0.0714. The van der Waals surface area contributed by atoms with E-state index in [2.05, 4.69) is 15.2 Å². The molecule has 0 unspecified atom stereocenters. The smallest absolute Gasteiger partial charge is 0.354 e. The molecule has 3 aromatic rings. The molecular weight excluding hydrogens is 274 g/mol. The van der Waals surface area contributed by atoms with Crippen molar-refractivity contribution in [2.45, 2.75) is 6.92 Å². The van der Waals surface area contributed by atoms with Crippen LogP contribution in [0, 0.1) is 6.92 Å². The molecule has 100 valence electrons. The van der Waals surface area contributed by atoms with E-state index in [-0.39, 0.29) is 5.69 Å². The first-order chi connectivity index (χ1) is 9.66. The van der Waals surface area contributed by atoms with Crippen LogP contribution in [0.5, 0.6) is 0 Å². The SMILES string of the molecule is Cc1c(-c2cnc(-c3ccccc3)s2)n[nH]c1C(=O)O. The lowest BCUT2D eigenvalue weighted by atomic mass is 10.2. The maximum Gasteiger partial charge on any atom is 0.354 e. The second-order valence-corrected chi connectivity index (χ2v) is 5.30. The zero-order valence-electron chi connectivity index (χ0n) is 10.6. The fourth-order valence-corrected chi connectivity index (χ4v) is 2.91. The van der Waals surface area contributed by atoms with Crippen LogP contribution >= 0.6 is 11.3 Å². The van der Waals surface area contributed by atoms with Crippen LogP contribution in [0.25, 0.3) is 21.1 Å². The third kappa shape index (κ3) is 2.10. The Balaban J connectivity index is 2.01. The van der Waals surface area contributed by atoms with Crippen LogP contribution in [-0.4, -0.2) is 26.3 Å². The normalized spacial score (nSPS) is 10.7. The average Bonchev–Trinajstić information content (AvgIpc) is 3.06. The van der Waals surface area contributed by atoms with Crippen LogP contribution in [0.15, 0.2) is 36.5 Å². The summed E-state index contributed by atoms with van der Waals surface area (Å²) >= 11 is 1.49. The first-order valence-corrected chi connectivity index (χ1v) is 6.78. The molecule has 0 spiro atoms. The first kappa shape index (κ1) is 12.6. The van der Waals surface area contributed by atoms with Crippen molar-refractivity contribution in [2.24, 2.45) is 0 Å². The lowest BCUT2D eigenvalue weighted by Crippen LogP contribution is -1.98. The number of carboxylic acids is 1. The molecular formula is C14H11N3O2S. The molecule has 2 N–H and O–H groups in total. The summed E-state index contributed by atoms with van der Waals surface area (Å²) in [6.07, 6.45) is 1.72. The Hall–Kier alpha value is -2.47. The number of carbonyl (C=O) groups is 1. The molecule has 0 atom stereocenters. The van der Waals surface area contributed by atoms with Crippen LogP contribution < -0.4 is 0 Å². The highest BCUT2D eigenvalue weighted by Crippen LogP contribution is 2.33. The predicted octanol–water partition coefficient (Wildman–Crippen LogP) is 3.21. The minimum absolute atomic E-state index is 0.120. The van der Waals surface area contributed by atoms with E-state index in [1.54, 1.807) is 13.1 Å². The minimum Gasteiger partial charge on any atom is -0.477 e. The molecule has 0 aliphatic rings. The van der Waals surface area contributed by atoms with Gasteiger partial charge in [-0.05, 0) is 6.92 Å². The predicted molar refractivity (Wildman–Crippen MR) is 76.8 cm³/mol. The van der Waals surface area contributed by atoms with Crippen molar-refractivity contribution in [1.82, 2.24) is 15.2 Å². The van der Waals surface area contributed by atoms with Crippen molar-refractivity contribution in [3.05, 3.63) is 47.8 Å². The van der Waals surface area contributed by atoms with E-state index in [0.717, 1.165) is 15.4 Å². The Morgan fingerprint density at radius 2 is 2.05 bits per heavy atom. The molecule has 0 aliphatic carbocycles. The number of nitrogens with one attached hydrogen (secondary N) is 1. The zero-order chi connectivity index (χ0) is 14.1. The summed E-state index contributed by atoms with van der Waals surface area (Å²) in [5.41, 5.74) is 2.42. The van der Waals surface area contributed by atoms with Gasteiger partial charge in [0.15, 0.2) is 0 Å². The van der Waals surface area contributed by atoms with E-state index in [1.807, 2.05) is 30.3 Å². The quantitative estimate of drug-likeness (QED) is 0.774.